The second-order valence-corrected chi connectivity index (χ2v) is 7.02. The first kappa shape index (κ1) is 21.5. The van der Waals surface area contributed by atoms with Gasteiger partial charge in [0.1, 0.15) is 11.5 Å². The van der Waals surface area contributed by atoms with Crippen LogP contribution in [0.4, 0.5) is 11.8 Å². The monoisotopic (exact) mass is 412 g/mol. The van der Waals surface area contributed by atoms with Gasteiger partial charge >= 0.3 is 0 Å². The summed E-state index contributed by atoms with van der Waals surface area (Å²) in [6.07, 6.45) is 0.834. The van der Waals surface area contributed by atoms with Crippen molar-refractivity contribution in [3.8, 4) is 0 Å². The summed E-state index contributed by atoms with van der Waals surface area (Å²) in [5, 5.41) is 5.08. The van der Waals surface area contributed by atoms with E-state index in [1.165, 1.54) is 12.6 Å². The Bertz CT molecular complexity index is 855. The number of carbonyl (C=O) groups excluding carboxylic acids is 2. The van der Waals surface area contributed by atoms with Crippen LogP contribution in [0.2, 0.25) is 0 Å². The van der Waals surface area contributed by atoms with E-state index in [0.717, 1.165) is 6.42 Å². The van der Waals surface area contributed by atoms with Gasteiger partial charge in [-0.1, -0.05) is 30.3 Å². The van der Waals surface area contributed by atoms with Crippen LogP contribution < -0.4 is 20.4 Å². The van der Waals surface area contributed by atoms with Crippen molar-refractivity contribution in [3.05, 3.63) is 47.7 Å². The zero-order valence-electron chi connectivity index (χ0n) is 17.4. The predicted molar refractivity (Wildman–Crippen MR) is 115 cm³/mol. The van der Waals surface area contributed by atoms with Crippen LogP contribution in [0.3, 0.4) is 0 Å². The van der Waals surface area contributed by atoms with Gasteiger partial charge in [0.25, 0.3) is 5.91 Å². The molecular formula is C21H28N6O3. The molecule has 160 valence electrons. The lowest BCUT2D eigenvalue weighted by Crippen LogP contribution is -2.38. The first-order valence-corrected chi connectivity index (χ1v) is 10.0. The zero-order chi connectivity index (χ0) is 21.3. The Labute approximate surface area is 176 Å². The van der Waals surface area contributed by atoms with Gasteiger partial charge in [-0.15, -0.1) is 0 Å². The van der Waals surface area contributed by atoms with Crippen molar-refractivity contribution in [2.45, 2.75) is 6.42 Å². The molecule has 30 heavy (non-hydrogen) atoms. The van der Waals surface area contributed by atoms with Gasteiger partial charge < -0.3 is 25.2 Å². The Morgan fingerprint density at radius 3 is 2.60 bits per heavy atom. The van der Waals surface area contributed by atoms with Crippen LogP contribution in [0.25, 0.3) is 0 Å². The van der Waals surface area contributed by atoms with Crippen LogP contribution in [0, 0.1) is 0 Å². The van der Waals surface area contributed by atoms with Crippen molar-refractivity contribution >= 4 is 23.6 Å². The van der Waals surface area contributed by atoms with E-state index in [9.17, 15) is 9.59 Å². The molecule has 1 aliphatic heterocycles. The molecule has 2 amide bonds. The van der Waals surface area contributed by atoms with E-state index >= 15 is 0 Å². The highest BCUT2D eigenvalue weighted by molar-refractivity contribution is 5.95. The highest BCUT2D eigenvalue weighted by atomic mass is 16.5. The molecule has 0 unspecified atom stereocenters. The zero-order valence-corrected chi connectivity index (χ0v) is 17.4. The fourth-order valence-electron chi connectivity index (χ4n) is 3.04. The SMILES string of the molecule is CNC(=O)CNC(=O)c1cc(N2CCOCC2)nc(N(C)CCc2ccccc2)n1. The maximum Gasteiger partial charge on any atom is 0.270 e. The van der Waals surface area contributed by atoms with E-state index in [2.05, 4.69) is 37.6 Å². The second-order valence-electron chi connectivity index (χ2n) is 7.02. The fraction of sp³-hybridized carbons (Fsp3) is 0.429. The molecule has 0 aliphatic carbocycles. The number of ether oxygens (including phenoxy) is 1. The van der Waals surface area contributed by atoms with Crippen LogP contribution in [0.5, 0.6) is 0 Å². The smallest absolute Gasteiger partial charge is 0.270 e. The number of hydrogen-bond acceptors (Lipinski definition) is 7. The van der Waals surface area contributed by atoms with Crippen molar-refractivity contribution in [1.82, 2.24) is 20.6 Å². The molecule has 9 heteroatoms. The number of anilines is 2. The molecule has 2 heterocycles. The van der Waals surface area contributed by atoms with E-state index in [1.54, 1.807) is 6.07 Å². The number of nitrogens with one attached hydrogen (secondary N) is 2. The van der Waals surface area contributed by atoms with Crippen LogP contribution in [0.1, 0.15) is 16.1 Å². The quantitative estimate of drug-likeness (QED) is 0.650. The number of benzene rings is 1. The maximum atomic E-state index is 12.6. The lowest BCUT2D eigenvalue weighted by molar-refractivity contribution is -0.119. The average molecular weight is 412 g/mol. The summed E-state index contributed by atoms with van der Waals surface area (Å²) in [4.78, 5) is 37.2. The van der Waals surface area contributed by atoms with Gasteiger partial charge in [-0.3, -0.25) is 9.59 Å². The third kappa shape index (κ3) is 5.90. The molecule has 0 radical (unpaired) electrons. The Morgan fingerprint density at radius 1 is 1.17 bits per heavy atom. The average Bonchev–Trinajstić information content (AvgIpc) is 2.81. The number of nitrogens with zero attached hydrogens (tertiary/aromatic N) is 4. The Hall–Kier alpha value is -3.20. The minimum atomic E-state index is -0.409. The summed E-state index contributed by atoms with van der Waals surface area (Å²) in [7, 11) is 3.43. The topological polar surface area (TPSA) is 99.7 Å². The van der Waals surface area contributed by atoms with Crippen LogP contribution in [-0.2, 0) is 16.0 Å². The van der Waals surface area contributed by atoms with E-state index in [-0.39, 0.29) is 18.1 Å². The Balaban J connectivity index is 1.79. The molecule has 3 rings (SSSR count). The number of aromatic nitrogens is 2. The molecule has 0 bridgehead atoms. The summed E-state index contributed by atoms with van der Waals surface area (Å²) in [6, 6.07) is 11.8. The molecule has 1 fully saturated rings. The third-order valence-corrected chi connectivity index (χ3v) is 4.88. The number of carbonyl (C=O) groups is 2. The molecule has 1 aliphatic rings. The molecule has 2 aromatic rings. The van der Waals surface area contributed by atoms with Gasteiger partial charge in [0, 0.05) is 39.8 Å². The number of rotatable bonds is 8. The van der Waals surface area contributed by atoms with E-state index in [1.807, 2.05) is 30.1 Å². The standard InChI is InChI=1S/C21H28N6O3/c1-22-19(28)15-23-20(29)17-14-18(27-10-12-30-13-11-27)25-21(24-17)26(2)9-8-16-6-4-3-5-7-16/h3-7,14H,8-13,15H2,1-2H3,(H,22,28)(H,23,29). The first-order chi connectivity index (χ1) is 14.6. The van der Waals surface area contributed by atoms with Crippen molar-refractivity contribution < 1.29 is 14.3 Å². The molecule has 0 atom stereocenters. The molecule has 9 nitrogen and oxygen atoms in total. The summed E-state index contributed by atoms with van der Waals surface area (Å²) in [5.74, 6) is 0.471. The summed E-state index contributed by atoms with van der Waals surface area (Å²) in [5.41, 5.74) is 1.45. The fourth-order valence-corrected chi connectivity index (χ4v) is 3.04. The Kier molecular flexibility index (Phi) is 7.56. The van der Waals surface area contributed by atoms with Gasteiger partial charge in [-0.2, -0.15) is 4.98 Å². The molecule has 0 spiro atoms. The lowest BCUT2D eigenvalue weighted by Gasteiger charge is -2.29. The number of morpholine rings is 1. The van der Waals surface area contributed by atoms with Crippen molar-refractivity contribution in [3.63, 3.8) is 0 Å². The normalized spacial score (nSPS) is 13.6. The number of amides is 2. The highest BCUT2D eigenvalue weighted by Crippen LogP contribution is 2.19. The van der Waals surface area contributed by atoms with Crippen molar-refractivity contribution in [1.29, 1.82) is 0 Å². The van der Waals surface area contributed by atoms with Gasteiger partial charge in [0.05, 0.1) is 19.8 Å². The molecule has 1 aromatic carbocycles. The van der Waals surface area contributed by atoms with E-state index in [0.29, 0.717) is 44.6 Å². The molecule has 2 N–H and O–H groups in total. The molecule has 1 aromatic heterocycles. The van der Waals surface area contributed by atoms with Crippen LogP contribution in [0.15, 0.2) is 36.4 Å². The summed E-state index contributed by atoms with van der Waals surface area (Å²) >= 11 is 0. The first-order valence-electron chi connectivity index (χ1n) is 10.0. The number of likely N-dealkylation sites (N-methyl/N-ethyl adjacent to an activating group) is 2. The van der Waals surface area contributed by atoms with Crippen LogP contribution >= 0.6 is 0 Å². The van der Waals surface area contributed by atoms with E-state index in [4.69, 9.17) is 4.74 Å². The minimum absolute atomic E-state index is 0.106. The van der Waals surface area contributed by atoms with Crippen LogP contribution in [-0.4, -0.2) is 75.3 Å². The highest BCUT2D eigenvalue weighted by Gasteiger charge is 2.19. The molecular weight excluding hydrogens is 384 g/mol. The van der Waals surface area contributed by atoms with Gasteiger partial charge in [0.15, 0.2) is 0 Å². The molecule has 0 saturated carbocycles. The van der Waals surface area contributed by atoms with E-state index < -0.39 is 5.91 Å². The summed E-state index contributed by atoms with van der Waals surface area (Å²) in [6.45, 7) is 3.22. The maximum absolute atomic E-state index is 12.6. The summed E-state index contributed by atoms with van der Waals surface area (Å²) < 4.78 is 5.42. The van der Waals surface area contributed by atoms with Gasteiger partial charge in [-0.25, -0.2) is 4.98 Å². The second kappa shape index (κ2) is 10.5. The Morgan fingerprint density at radius 2 is 1.90 bits per heavy atom. The predicted octanol–water partition coefficient (Wildman–Crippen LogP) is 0.468. The third-order valence-electron chi connectivity index (χ3n) is 4.88. The molecule has 1 saturated heterocycles. The largest absolute Gasteiger partial charge is 0.378 e. The van der Waals surface area contributed by atoms with Gasteiger partial charge in [-0.05, 0) is 12.0 Å². The van der Waals surface area contributed by atoms with Gasteiger partial charge in [0.2, 0.25) is 11.9 Å². The number of hydrogen-bond donors (Lipinski definition) is 2. The van der Waals surface area contributed by atoms with Crippen molar-refractivity contribution in [2.24, 2.45) is 0 Å². The minimum Gasteiger partial charge on any atom is -0.378 e. The lowest BCUT2D eigenvalue weighted by atomic mass is 10.1. The van der Waals surface area contributed by atoms with Crippen molar-refractivity contribution in [2.75, 3.05) is 63.3 Å².